The molecule has 3 aromatic rings. The van der Waals surface area contributed by atoms with E-state index in [1.165, 1.54) is 5.56 Å². The van der Waals surface area contributed by atoms with Crippen LogP contribution in [-0.2, 0) is 16.0 Å². The zero-order valence-corrected chi connectivity index (χ0v) is 15.1. The van der Waals surface area contributed by atoms with Gasteiger partial charge in [-0.15, -0.1) is 0 Å². The van der Waals surface area contributed by atoms with Gasteiger partial charge in [0.25, 0.3) is 5.91 Å². The van der Waals surface area contributed by atoms with Gasteiger partial charge in [0.15, 0.2) is 11.8 Å². The number of para-hydroxylation sites is 1. The standard InChI is InChI=1S/C21H21N3O3/c1-13(27-21(26)19-16-10-4-5-11-18(16)23-24-19)20(25)22-17-12-6-8-14-7-2-3-9-15(14)17/h2-5,7,9-11,13,17H,6,8,12H2,1H3,(H,22,25)(H,23,24). The van der Waals surface area contributed by atoms with Crippen LogP contribution < -0.4 is 5.32 Å². The van der Waals surface area contributed by atoms with E-state index < -0.39 is 12.1 Å². The van der Waals surface area contributed by atoms with Crippen LogP contribution in [0.1, 0.15) is 47.4 Å². The molecule has 0 fully saturated rings. The lowest BCUT2D eigenvalue weighted by Crippen LogP contribution is -2.39. The SMILES string of the molecule is CC(OC(=O)c1n[nH]c2ccccc12)C(=O)NC1CCCc2ccccc21. The van der Waals surface area contributed by atoms with Crippen LogP contribution in [0.4, 0.5) is 0 Å². The summed E-state index contributed by atoms with van der Waals surface area (Å²) in [4.78, 5) is 25.0. The van der Waals surface area contributed by atoms with Crippen molar-refractivity contribution >= 4 is 22.8 Å². The highest BCUT2D eigenvalue weighted by molar-refractivity contribution is 6.02. The monoisotopic (exact) mass is 363 g/mol. The Labute approximate surface area is 156 Å². The normalized spacial score (nSPS) is 17.1. The van der Waals surface area contributed by atoms with Gasteiger partial charge in [-0.2, -0.15) is 5.10 Å². The number of nitrogens with zero attached hydrogens (tertiary/aromatic N) is 1. The van der Waals surface area contributed by atoms with E-state index in [4.69, 9.17) is 4.74 Å². The molecule has 1 amide bonds. The Balaban J connectivity index is 1.43. The molecule has 2 aromatic carbocycles. The average Bonchev–Trinajstić information content (AvgIpc) is 3.12. The van der Waals surface area contributed by atoms with Crippen molar-refractivity contribution in [1.82, 2.24) is 15.5 Å². The molecule has 6 heteroatoms. The topological polar surface area (TPSA) is 84.1 Å². The summed E-state index contributed by atoms with van der Waals surface area (Å²) in [5.74, 6) is -0.913. The maximum atomic E-state index is 12.6. The number of aromatic amines is 1. The third-order valence-corrected chi connectivity index (χ3v) is 5.00. The Morgan fingerprint density at radius 3 is 2.85 bits per heavy atom. The first kappa shape index (κ1) is 17.3. The van der Waals surface area contributed by atoms with Gasteiger partial charge in [-0.3, -0.25) is 9.89 Å². The highest BCUT2D eigenvalue weighted by Gasteiger charge is 2.26. The minimum absolute atomic E-state index is 0.0465. The van der Waals surface area contributed by atoms with Crippen molar-refractivity contribution in [2.24, 2.45) is 0 Å². The maximum Gasteiger partial charge on any atom is 0.360 e. The summed E-state index contributed by atoms with van der Waals surface area (Å²) in [7, 11) is 0. The minimum Gasteiger partial charge on any atom is -0.448 e. The number of hydrogen-bond acceptors (Lipinski definition) is 4. The van der Waals surface area contributed by atoms with Crippen LogP contribution >= 0.6 is 0 Å². The van der Waals surface area contributed by atoms with Crippen LogP contribution in [0.5, 0.6) is 0 Å². The molecule has 27 heavy (non-hydrogen) atoms. The van der Waals surface area contributed by atoms with Crippen LogP contribution in [0.15, 0.2) is 48.5 Å². The van der Waals surface area contributed by atoms with E-state index in [1.807, 2.05) is 36.4 Å². The Kier molecular flexibility index (Phi) is 4.62. The van der Waals surface area contributed by atoms with E-state index in [9.17, 15) is 9.59 Å². The van der Waals surface area contributed by atoms with Gasteiger partial charge < -0.3 is 10.1 Å². The van der Waals surface area contributed by atoms with Crippen molar-refractivity contribution in [3.8, 4) is 0 Å². The molecule has 1 heterocycles. The average molecular weight is 363 g/mol. The largest absolute Gasteiger partial charge is 0.448 e. The lowest BCUT2D eigenvalue weighted by atomic mass is 9.87. The molecular formula is C21H21N3O3. The summed E-state index contributed by atoms with van der Waals surface area (Å²) >= 11 is 0. The van der Waals surface area contributed by atoms with E-state index in [0.29, 0.717) is 5.39 Å². The van der Waals surface area contributed by atoms with E-state index in [1.54, 1.807) is 13.0 Å². The molecule has 0 saturated carbocycles. The number of amides is 1. The Morgan fingerprint density at radius 2 is 1.96 bits per heavy atom. The molecule has 2 atom stereocenters. The predicted molar refractivity (Wildman–Crippen MR) is 101 cm³/mol. The Morgan fingerprint density at radius 1 is 1.19 bits per heavy atom. The molecule has 0 bridgehead atoms. The molecule has 6 nitrogen and oxygen atoms in total. The molecule has 2 unspecified atom stereocenters. The van der Waals surface area contributed by atoms with Crippen LogP contribution in [0, 0.1) is 0 Å². The first-order valence-corrected chi connectivity index (χ1v) is 9.16. The summed E-state index contributed by atoms with van der Waals surface area (Å²) in [6, 6.07) is 15.4. The zero-order chi connectivity index (χ0) is 18.8. The molecule has 138 valence electrons. The maximum absolute atomic E-state index is 12.6. The molecule has 0 aliphatic heterocycles. The number of aromatic nitrogens is 2. The van der Waals surface area contributed by atoms with Crippen LogP contribution in [0.25, 0.3) is 10.9 Å². The van der Waals surface area contributed by atoms with E-state index in [2.05, 4.69) is 21.6 Å². The minimum atomic E-state index is -0.901. The van der Waals surface area contributed by atoms with Crippen molar-refractivity contribution in [3.63, 3.8) is 0 Å². The first-order chi connectivity index (χ1) is 13.1. The number of rotatable bonds is 4. The number of fused-ring (bicyclic) bond motifs is 2. The number of benzene rings is 2. The van der Waals surface area contributed by atoms with Gasteiger partial charge in [-0.25, -0.2) is 4.79 Å². The van der Waals surface area contributed by atoms with Gasteiger partial charge in [-0.05, 0) is 43.4 Å². The predicted octanol–water partition coefficient (Wildman–Crippen LogP) is 3.30. The molecule has 0 saturated heterocycles. The number of hydrogen-bond donors (Lipinski definition) is 2. The van der Waals surface area contributed by atoms with Gasteiger partial charge in [0.05, 0.1) is 11.6 Å². The number of carbonyl (C=O) groups excluding carboxylic acids is 2. The van der Waals surface area contributed by atoms with E-state index in [0.717, 1.165) is 30.3 Å². The fraction of sp³-hybridized carbons (Fsp3) is 0.286. The van der Waals surface area contributed by atoms with Crippen LogP contribution in [0.3, 0.4) is 0 Å². The molecule has 4 rings (SSSR count). The van der Waals surface area contributed by atoms with Gasteiger partial charge in [0.2, 0.25) is 0 Å². The van der Waals surface area contributed by atoms with Crippen molar-refractivity contribution in [3.05, 3.63) is 65.4 Å². The number of aryl methyl sites for hydroxylation is 1. The number of H-pyrrole nitrogens is 1. The van der Waals surface area contributed by atoms with Gasteiger partial charge in [0, 0.05) is 5.39 Å². The summed E-state index contributed by atoms with van der Waals surface area (Å²) < 4.78 is 5.36. The number of carbonyl (C=O) groups is 2. The summed E-state index contributed by atoms with van der Waals surface area (Å²) in [6.45, 7) is 1.58. The van der Waals surface area contributed by atoms with Gasteiger partial charge in [0.1, 0.15) is 0 Å². The van der Waals surface area contributed by atoms with Crippen LogP contribution in [-0.4, -0.2) is 28.2 Å². The molecule has 1 aliphatic rings. The molecular weight excluding hydrogens is 342 g/mol. The summed E-state index contributed by atoms with van der Waals surface area (Å²) in [5, 5.41) is 10.5. The highest BCUT2D eigenvalue weighted by atomic mass is 16.5. The van der Waals surface area contributed by atoms with Crippen molar-refractivity contribution < 1.29 is 14.3 Å². The fourth-order valence-electron chi connectivity index (χ4n) is 3.58. The molecule has 0 spiro atoms. The van der Waals surface area contributed by atoms with E-state index >= 15 is 0 Å². The van der Waals surface area contributed by atoms with Crippen molar-refractivity contribution in [2.75, 3.05) is 0 Å². The fourth-order valence-corrected chi connectivity index (χ4v) is 3.58. The Bertz CT molecular complexity index is 995. The summed E-state index contributed by atoms with van der Waals surface area (Å²) in [6.07, 6.45) is 2.03. The van der Waals surface area contributed by atoms with Crippen LogP contribution in [0.2, 0.25) is 0 Å². The van der Waals surface area contributed by atoms with Gasteiger partial charge in [-0.1, -0.05) is 42.5 Å². The third kappa shape index (κ3) is 3.43. The lowest BCUT2D eigenvalue weighted by Gasteiger charge is -2.27. The zero-order valence-electron chi connectivity index (χ0n) is 15.1. The third-order valence-electron chi connectivity index (χ3n) is 5.00. The van der Waals surface area contributed by atoms with Crippen molar-refractivity contribution in [2.45, 2.75) is 38.3 Å². The lowest BCUT2D eigenvalue weighted by molar-refractivity contribution is -0.130. The molecule has 1 aromatic heterocycles. The quantitative estimate of drug-likeness (QED) is 0.697. The Hall–Kier alpha value is -3.15. The second kappa shape index (κ2) is 7.23. The van der Waals surface area contributed by atoms with Crippen molar-refractivity contribution in [1.29, 1.82) is 0 Å². The molecule has 2 N–H and O–H groups in total. The van der Waals surface area contributed by atoms with E-state index in [-0.39, 0.29) is 17.6 Å². The second-order valence-corrected chi connectivity index (χ2v) is 6.82. The first-order valence-electron chi connectivity index (χ1n) is 9.16. The molecule has 0 radical (unpaired) electrons. The smallest absolute Gasteiger partial charge is 0.360 e. The highest BCUT2D eigenvalue weighted by Crippen LogP contribution is 2.29. The molecule has 1 aliphatic carbocycles. The second-order valence-electron chi connectivity index (χ2n) is 6.82. The summed E-state index contributed by atoms with van der Waals surface area (Å²) in [5.41, 5.74) is 3.35. The number of nitrogens with one attached hydrogen (secondary N) is 2. The van der Waals surface area contributed by atoms with Gasteiger partial charge >= 0.3 is 5.97 Å². The number of ether oxygens (including phenoxy) is 1. The number of esters is 1.